The van der Waals surface area contributed by atoms with E-state index in [9.17, 15) is 4.79 Å². The molecule has 0 aliphatic carbocycles. The second kappa shape index (κ2) is 8.66. The van der Waals surface area contributed by atoms with Crippen LogP contribution in [0.4, 0.5) is 5.69 Å². The van der Waals surface area contributed by atoms with Crippen LogP contribution in [-0.2, 0) is 11.2 Å². The number of benzene rings is 3. The standard InChI is InChI=1S/C25H22BrNO2/c1-17-9-11-18(12-10-17)14-24(28)27-23-16-20(26)15-22-21(8-5-13-29-25(22)23)19-6-3-2-4-7-19/h2-12,15-16,21H,13-14H2,1H3,(H,27,28)/t21-/m1/s1. The highest BCUT2D eigenvalue weighted by Gasteiger charge is 2.22. The number of nitrogens with one attached hydrogen (secondary N) is 1. The largest absolute Gasteiger partial charge is 0.487 e. The van der Waals surface area contributed by atoms with E-state index in [-0.39, 0.29) is 11.8 Å². The highest BCUT2D eigenvalue weighted by molar-refractivity contribution is 9.10. The maximum atomic E-state index is 12.7. The van der Waals surface area contributed by atoms with Crippen LogP contribution in [0.5, 0.6) is 5.75 Å². The number of rotatable bonds is 4. The molecule has 1 heterocycles. The Hall–Kier alpha value is -2.85. The summed E-state index contributed by atoms with van der Waals surface area (Å²) in [5.74, 6) is 0.731. The molecule has 3 aromatic carbocycles. The minimum Gasteiger partial charge on any atom is -0.487 e. The van der Waals surface area contributed by atoms with E-state index in [1.165, 1.54) is 11.1 Å². The first-order valence-electron chi connectivity index (χ1n) is 9.63. The van der Waals surface area contributed by atoms with E-state index in [1.54, 1.807) is 0 Å². The molecule has 0 spiro atoms. The van der Waals surface area contributed by atoms with E-state index in [2.05, 4.69) is 45.5 Å². The average molecular weight is 448 g/mol. The van der Waals surface area contributed by atoms with Gasteiger partial charge in [-0.25, -0.2) is 0 Å². The van der Waals surface area contributed by atoms with Crippen molar-refractivity contribution in [3.05, 3.63) is 106 Å². The Balaban J connectivity index is 1.64. The summed E-state index contributed by atoms with van der Waals surface area (Å²) >= 11 is 3.60. The van der Waals surface area contributed by atoms with E-state index in [4.69, 9.17) is 4.74 Å². The fraction of sp³-hybridized carbons (Fsp3) is 0.160. The zero-order valence-corrected chi connectivity index (χ0v) is 17.8. The highest BCUT2D eigenvalue weighted by atomic mass is 79.9. The molecule has 1 atom stereocenters. The van der Waals surface area contributed by atoms with Crippen molar-refractivity contribution in [3.63, 3.8) is 0 Å². The lowest BCUT2D eigenvalue weighted by Gasteiger charge is -2.19. The molecule has 0 saturated heterocycles. The van der Waals surface area contributed by atoms with Crippen LogP contribution in [0.15, 0.2) is 83.4 Å². The number of ether oxygens (including phenoxy) is 1. The van der Waals surface area contributed by atoms with Gasteiger partial charge in [0, 0.05) is 16.0 Å². The number of halogens is 1. The summed E-state index contributed by atoms with van der Waals surface area (Å²) in [5, 5.41) is 3.05. The molecule has 3 nitrogen and oxygen atoms in total. The topological polar surface area (TPSA) is 38.3 Å². The molecule has 1 aliphatic rings. The van der Waals surface area contributed by atoms with Crippen LogP contribution in [-0.4, -0.2) is 12.5 Å². The predicted molar refractivity (Wildman–Crippen MR) is 121 cm³/mol. The van der Waals surface area contributed by atoms with Crippen LogP contribution >= 0.6 is 15.9 Å². The first-order valence-corrected chi connectivity index (χ1v) is 10.4. The van der Waals surface area contributed by atoms with Gasteiger partial charge in [-0.05, 0) is 30.2 Å². The van der Waals surface area contributed by atoms with Gasteiger partial charge in [0.05, 0.1) is 12.1 Å². The Morgan fingerprint density at radius 2 is 1.86 bits per heavy atom. The second-order valence-electron chi connectivity index (χ2n) is 7.21. The maximum Gasteiger partial charge on any atom is 0.228 e. The molecule has 4 heteroatoms. The Morgan fingerprint density at radius 1 is 1.10 bits per heavy atom. The van der Waals surface area contributed by atoms with Gasteiger partial charge in [0.25, 0.3) is 0 Å². The van der Waals surface area contributed by atoms with E-state index < -0.39 is 0 Å². The summed E-state index contributed by atoms with van der Waals surface area (Å²) in [4.78, 5) is 12.7. The Bertz CT molecular complexity index is 1040. The number of aryl methyl sites for hydroxylation is 1. The van der Waals surface area contributed by atoms with Crippen molar-refractivity contribution in [2.24, 2.45) is 0 Å². The summed E-state index contributed by atoms with van der Waals surface area (Å²) in [6.07, 6.45) is 4.51. The van der Waals surface area contributed by atoms with Crippen LogP contribution in [0.3, 0.4) is 0 Å². The molecular formula is C25H22BrNO2. The van der Waals surface area contributed by atoms with E-state index in [0.717, 1.165) is 21.3 Å². The third-order valence-electron chi connectivity index (χ3n) is 4.99. The van der Waals surface area contributed by atoms with Gasteiger partial charge >= 0.3 is 0 Å². The van der Waals surface area contributed by atoms with Crippen LogP contribution in [0.2, 0.25) is 0 Å². The first kappa shape index (κ1) is 19.5. The van der Waals surface area contributed by atoms with Gasteiger partial charge in [0.2, 0.25) is 5.91 Å². The number of carbonyl (C=O) groups is 1. The molecule has 0 aromatic heterocycles. The van der Waals surface area contributed by atoms with Crippen LogP contribution < -0.4 is 10.1 Å². The van der Waals surface area contributed by atoms with Crippen molar-refractivity contribution < 1.29 is 9.53 Å². The fourth-order valence-corrected chi connectivity index (χ4v) is 4.04. The third kappa shape index (κ3) is 4.60. The highest BCUT2D eigenvalue weighted by Crippen LogP contribution is 2.41. The summed E-state index contributed by atoms with van der Waals surface area (Å²) in [6.45, 7) is 2.51. The monoisotopic (exact) mass is 447 g/mol. The molecule has 146 valence electrons. The third-order valence-corrected chi connectivity index (χ3v) is 5.45. The van der Waals surface area contributed by atoms with Crippen molar-refractivity contribution in [3.8, 4) is 5.75 Å². The second-order valence-corrected chi connectivity index (χ2v) is 8.13. The molecule has 1 aliphatic heterocycles. The van der Waals surface area contributed by atoms with Gasteiger partial charge in [-0.3, -0.25) is 4.79 Å². The van der Waals surface area contributed by atoms with Gasteiger partial charge in [-0.15, -0.1) is 0 Å². The van der Waals surface area contributed by atoms with Crippen molar-refractivity contribution in [1.29, 1.82) is 0 Å². The molecule has 1 N–H and O–H groups in total. The van der Waals surface area contributed by atoms with Crippen molar-refractivity contribution >= 4 is 27.5 Å². The van der Waals surface area contributed by atoms with Crippen LogP contribution in [0, 0.1) is 6.92 Å². The quantitative estimate of drug-likeness (QED) is 0.496. The molecule has 0 bridgehead atoms. The number of hydrogen-bond acceptors (Lipinski definition) is 2. The molecule has 0 saturated carbocycles. The smallest absolute Gasteiger partial charge is 0.228 e. The number of allylic oxidation sites excluding steroid dienone is 1. The number of fused-ring (bicyclic) bond motifs is 1. The number of hydrogen-bond donors (Lipinski definition) is 1. The summed E-state index contributed by atoms with van der Waals surface area (Å²) in [5.41, 5.74) is 5.07. The molecular weight excluding hydrogens is 426 g/mol. The number of carbonyl (C=O) groups excluding carboxylic acids is 1. The Kier molecular flexibility index (Phi) is 5.81. The molecule has 4 rings (SSSR count). The Labute approximate surface area is 179 Å². The lowest BCUT2D eigenvalue weighted by Crippen LogP contribution is -2.16. The fourth-order valence-electron chi connectivity index (χ4n) is 3.56. The van der Waals surface area contributed by atoms with Gasteiger partial charge < -0.3 is 10.1 Å². The minimum absolute atomic E-state index is 0.0637. The number of amides is 1. The van der Waals surface area contributed by atoms with Gasteiger partial charge in [0.15, 0.2) is 0 Å². The normalized spacial score (nSPS) is 15.2. The average Bonchev–Trinajstić information content (AvgIpc) is 2.93. The predicted octanol–water partition coefficient (Wildman–Crippen LogP) is 6.02. The summed E-state index contributed by atoms with van der Waals surface area (Å²) in [6, 6.07) is 22.3. The lowest BCUT2D eigenvalue weighted by atomic mass is 9.90. The number of anilines is 1. The SMILES string of the molecule is Cc1ccc(CC(=O)Nc2cc(Br)cc3c2OCC=C[C@@H]3c2ccccc2)cc1. The van der Waals surface area contributed by atoms with Crippen molar-refractivity contribution in [2.75, 3.05) is 11.9 Å². The maximum absolute atomic E-state index is 12.7. The van der Waals surface area contributed by atoms with Gasteiger partial charge in [-0.1, -0.05) is 88.2 Å². The molecule has 0 unspecified atom stereocenters. The molecule has 0 fully saturated rings. The Morgan fingerprint density at radius 3 is 2.62 bits per heavy atom. The molecule has 29 heavy (non-hydrogen) atoms. The minimum atomic E-state index is -0.0637. The lowest BCUT2D eigenvalue weighted by molar-refractivity contribution is -0.115. The zero-order valence-electron chi connectivity index (χ0n) is 16.2. The van der Waals surface area contributed by atoms with E-state index in [0.29, 0.717) is 18.7 Å². The van der Waals surface area contributed by atoms with Crippen molar-refractivity contribution in [1.82, 2.24) is 0 Å². The van der Waals surface area contributed by atoms with Crippen LogP contribution in [0.25, 0.3) is 0 Å². The van der Waals surface area contributed by atoms with Crippen molar-refractivity contribution in [2.45, 2.75) is 19.3 Å². The zero-order chi connectivity index (χ0) is 20.2. The molecule has 0 radical (unpaired) electrons. The van der Waals surface area contributed by atoms with Gasteiger partial charge in [-0.2, -0.15) is 0 Å². The van der Waals surface area contributed by atoms with E-state index >= 15 is 0 Å². The first-order chi connectivity index (χ1) is 14.1. The summed E-state index contributed by atoms with van der Waals surface area (Å²) < 4.78 is 6.94. The molecule has 1 amide bonds. The van der Waals surface area contributed by atoms with Crippen LogP contribution in [0.1, 0.15) is 28.2 Å². The van der Waals surface area contributed by atoms with Gasteiger partial charge in [0.1, 0.15) is 12.4 Å². The van der Waals surface area contributed by atoms with E-state index in [1.807, 2.05) is 61.5 Å². The summed E-state index contributed by atoms with van der Waals surface area (Å²) in [7, 11) is 0. The molecule has 3 aromatic rings.